The van der Waals surface area contributed by atoms with Gasteiger partial charge < -0.3 is 9.47 Å². The monoisotopic (exact) mass is 305 g/mol. The summed E-state index contributed by atoms with van der Waals surface area (Å²) in [5.74, 6) is 1.03. The molecule has 0 aromatic heterocycles. The molecule has 0 saturated heterocycles. The summed E-state index contributed by atoms with van der Waals surface area (Å²) in [4.78, 5) is 0.177. The van der Waals surface area contributed by atoms with Crippen LogP contribution in [0.3, 0.4) is 0 Å². The number of fused-ring (bicyclic) bond motifs is 1. The van der Waals surface area contributed by atoms with Gasteiger partial charge in [-0.2, -0.15) is 4.31 Å². The standard InChI is InChI=1S/C12H16ClNO4S/c1-9(13)8-14(2)19(15,16)10-3-4-11-12(7-10)18-6-5-17-11/h3-4,7,9H,5-6,8H2,1-2H3. The Bertz CT molecular complexity index is 559. The quantitative estimate of drug-likeness (QED) is 0.795. The largest absolute Gasteiger partial charge is 0.486 e. The summed E-state index contributed by atoms with van der Waals surface area (Å²) >= 11 is 5.83. The van der Waals surface area contributed by atoms with Crippen molar-refractivity contribution in [3.63, 3.8) is 0 Å². The van der Waals surface area contributed by atoms with Crippen LogP contribution in [0.4, 0.5) is 0 Å². The average Bonchev–Trinajstić information content (AvgIpc) is 2.37. The first-order valence-corrected chi connectivity index (χ1v) is 7.79. The van der Waals surface area contributed by atoms with Gasteiger partial charge in [-0.05, 0) is 19.1 Å². The first kappa shape index (κ1) is 14.4. The van der Waals surface area contributed by atoms with Gasteiger partial charge in [0, 0.05) is 25.0 Å². The highest BCUT2D eigenvalue weighted by Gasteiger charge is 2.24. The maximum atomic E-state index is 12.3. The number of ether oxygens (including phenoxy) is 2. The summed E-state index contributed by atoms with van der Waals surface area (Å²) in [5, 5.41) is -0.253. The van der Waals surface area contributed by atoms with E-state index in [0.717, 1.165) is 0 Å². The number of halogens is 1. The third-order valence-corrected chi connectivity index (χ3v) is 4.69. The highest BCUT2D eigenvalue weighted by atomic mass is 35.5. The Morgan fingerprint density at radius 2 is 1.95 bits per heavy atom. The average molecular weight is 306 g/mol. The zero-order chi connectivity index (χ0) is 14.0. The Morgan fingerprint density at radius 1 is 1.32 bits per heavy atom. The number of hydrogen-bond acceptors (Lipinski definition) is 4. The van der Waals surface area contributed by atoms with Crippen LogP contribution in [0.2, 0.25) is 0 Å². The normalized spacial score (nSPS) is 16.4. The number of hydrogen-bond donors (Lipinski definition) is 0. The molecule has 1 unspecified atom stereocenters. The lowest BCUT2D eigenvalue weighted by Crippen LogP contribution is -2.31. The second-order valence-corrected chi connectivity index (χ2v) is 7.16. The maximum absolute atomic E-state index is 12.3. The van der Waals surface area contributed by atoms with E-state index < -0.39 is 10.0 Å². The fraction of sp³-hybridized carbons (Fsp3) is 0.500. The van der Waals surface area contributed by atoms with E-state index in [0.29, 0.717) is 24.7 Å². The van der Waals surface area contributed by atoms with Crippen LogP contribution in [0, 0.1) is 0 Å². The topological polar surface area (TPSA) is 55.8 Å². The summed E-state index contributed by atoms with van der Waals surface area (Å²) in [7, 11) is -2.05. The summed E-state index contributed by atoms with van der Waals surface area (Å²) in [6.45, 7) is 2.89. The molecule has 1 aromatic carbocycles. The van der Waals surface area contributed by atoms with Gasteiger partial charge in [0.05, 0.1) is 4.90 Å². The second-order valence-electron chi connectivity index (χ2n) is 4.37. The van der Waals surface area contributed by atoms with Gasteiger partial charge in [-0.25, -0.2) is 8.42 Å². The summed E-state index contributed by atoms with van der Waals surface area (Å²) in [6, 6.07) is 4.61. The molecule has 1 heterocycles. The number of rotatable bonds is 4. The molecule has 0 aliphatic carbocycles. The second kappa shape index (κ2) is 5.56. The third-order valence-electron chi connectivity index (χ3n) is 2.73. The molecule has 1 aromatic rings. The molecular weight excluding hydrogens is 290 g/mol. The fourth-order valence-electron chi connectivity index (χ4n) is 1.82. The van der Waals surface area contributed by atoms with Gasteiger partial charge in [0.1, 0.15) is 13.2 Å². The van der Waals surface area contributed by atoms with Crippen molar-refractivity contribution in [3.8, 4) is 11.5 Å². The highest BCUT2D eigenvalue weighted by Crippen LogP contribution is 2.32. The Hall–Kier alpha value is -0.980. The Labute approximate surface area is 118 Å². The lowest BCUT2D eigenvalue weighted by molar-refractivity contribution is 0.171. The third kappa shape index (κ3) is 3.13. The zero-order valence-electron chi connectivity index (χ0n) is 10.8. The Balaban J connectivity index is 2.30. The molecule has 0 N–H and O–H groups in total. The number of nitrogens with zero attached hydrogens (tertiary/aromatic N) is 1. The van der Waals surface area contributed by atoms with Crippen LogP contribution < -0.4 is 9.47 Å². The molecule has 0 radical (unpaired) electrons. The minimum Gasteiger partial charge on any atom is -0.486 e. The van der Waals surface area contributed by atoms with Crippen molar-refractivity contribution in [2.45, 2.75) is 17.2 Å². The van der Waals surface area contributed by atoms with Crippen LogP contribution in [0.5, 0.6) is 11.5 Å². The lowest BCUT2D eigenvalue weighted by atomic mass is 10.3. The van der Waals surface area contributed by atoms with E-state index in [9.17, 15) is 8.42 Å². The van der Waals surface area contributed by atoms with Gasteiger partial charge in [-0.15, -0.1) is 11.6 Å². The number of benzene rings is 1. The van der Waals surface area contributed by atoms with Gasteiger partial charge in [0.15, 0.2) is 11.5 Å². The molecule has 7 heteroatoms. The highest BCUT2D eigenvalue weighted by molar-refractivity contribution is 7.89. The molecule has 0 bridgehead atoms. The van der Waals surface area contributed by atoms with Gasteiger partial charge >= 0.3 is 0 Å². The van der Waals surface area contributed by atoms with E-state index in [-0.39, 0.29) is 16.8 Å². The van der Waals surface area contributed by atoms with Crippen molar-refractivity contribution in [2.75, 3.05) is 26.8 Å². The Kier molecular flexibility index (Phi) is 4.23. The van der Waals surface area contributed by atoms with Gasteiger partial charge in [-0.1, -0.05) is 0 Å². The van der Waals surface area contributed by atoms with Crippen LogP contribution in [0.25, 0.3) is 0 Å². The fourth-order valence-corrected chi connectivity index (χ4v) is 3.38. The van der Waals surface area contributed by atoms with Crippen LogP contribution in [-0.4, -0.2) is 44.9 Å². The summed E-state index contributed by atoms with van der Waals surface area (Å²) in [5.41, 5.74) is 0. The van der Waals surface area contributed by atoms with E-state index in [4.69, 9.17) is 21.1 Å². The molecule has 2 rings (SSSR count). The zero-order valence-corrected chi connectivity index (χ0v) is 12.4. The molecule has 1 atom stereocenters. The Morgan fingerprint density at radius 3 is 2.58 bits per heavy atom. The summed E-state index contributed by atoms with van der Waals surface area (Å²) in [6.07, 6.45) is 0. The van der Waals surface area contributed by atoms with Crippen LogP contribution in [-0.2, 0) is 10.0 Å². The van der Waals surface area contributed by atoms with Crippen LogP contribution in [0.15, 0.2) is 23.1 Å². The molecule has 5 nitrogen and oxygen atoms in total. The molecule has 0 fully saturated rings. The number of alkyl halides is 1. The molecule has 1 aliphatic rings. The lowest BCUT2D eigenvalue weighted by Gasteiger charge is -2.21. The van der Waals surface area contributed by atoms with Crippen LogP contribution in [0.1, 0.15) is 6.92 Å². The van der Waals surface area contributed by atoms with Crippen molar-refractivity contribution < 1.29 is 17.9 Å². The first-order valence-electron chi connectivity index (χ1n) is 5.91. The van der Waals surface area contributed by atoms with Crippen molar-refractivity contribution in [1.82, 2.24) is 4.31 Å². The van der Waals surface area contributed by atoms with E-state index >= 15 is 0 Å². The SMILES string of the molecule is CC(Cl)CN(C)S(=O)(=O)c1ccc2c(c1)OCCO2. The molecule has 1 aliphatic heterocycles. The maximum Gasteiger partial charge on any atom is 0.243 e. The molecule has 19 heavy (non-hydrogen) atoms. The van der Waals surface area contributed by atoms with Crippen molar-refractivity contribution in [3.05, 3.63) is 18.2 Å². The van der Waals surface area contributed by atoms with E-state index in [2.05, 4.69) is 0 Å². The van der Waals surface area contributed by atoms with Gasteiger partial charge in [-0.3, -0.25) is 0 Å². The minimum absolute atomic E-state index is 0.177. The molecule has 0 amide bonds. The van der Waals surface area contributed by atoms with Crippen molar-refractivity contribution in [1.29, 1.82) is 0 Å². The first-order chi connectivity index (χ1) is 8.91. The molecule has 0 saturated carbocycles. The van der Waals surface area contributed by atoms with E-state index in [1.54, 1.807) is 13.0 Å². The molecule has 106 valence electrons. The van der Waals surface area contributed by atoms with E-state index in [1.165, 1.54) is 23.5 Å². The predicted octanol–water partition coefficient (Wildman–Crippen LogP) is 1.71. The predicted molar refractivity (Wildman–Crippen MR) is 72.6 cm³/mol. The van der Waals surface area contributed by atoms with Crippen molar-refractivity contribution in [2.24, 2.45) is 0 Å². The molecule has 0 spiro atoms. The van der Waals surface area contributed by atoms with E-state index in [1.807, 2.05) is 0 Å². The van der Waals surface area contributed by atoms with Gasteiger partial charge in [0.2, 0.25) is 10.0 Å². The number of sulfonamides is 1. The summed E-state index contributed by atoms with van der Waals surface area (Å²) < 4.78 is 36.6. The van der Waals surface area contributed by atoms with Gasteiger partial charge in [0.25, 0.3) is 0 Å². The van der Waals surface area contributed by atoms with Crippen molar-refractivity contribution >= 4 is 21.6 Å². The minimum atomic E-state index is -3.55. The van der Waals surface area contributed by atoms with Crippen LogP contribution >= 0.6 is 11.6 Å². The molecular formula is C12H16ClNO4S. The smallest absolute Gasteiger partial charge is 0.243 e.